The molecular formula is C15H24IN5S. The van der Waals surface area contributed by atoms with E-state index in [4.69, 9.17) is 0 Å². The Morgan fingerprint density at radius 1 is 1.36 bits per heavy atom. The number of thiophene rings is 1. The molecule has 122 valence electrons. The molecule has 2 rings (SSSR count). The molecule has 0 aliphatic heterocycles. The van der Waals surface area contributed by atoms with Crippen LogP contribution in [0.5, 0.6) is 0 Å². The summed E-state index contributed by atoms with van der Waals surface area (Å²) in [6.45, 7) is 8.82. The van der Waals surface area contributed by atoms with E-state index in [-0.39, 0.29) is 29.4 Å². The summed E-state index contributed by atoms with van der Waals surface area (Å²) in [5, 5.41) is 15.7. The molecule has 2 aromatic heterocycles. The lowest BCUT2D eigenvalue weighted by molar-refractivity contribution is 0.518. The van der Waals surface area contributed by atoms with Gasteiger partial charge in [0, 0.05) is 29.6 Å². The SMILES string of the molecule is CCNC(=NCc1ccn[nH]1)NCC(C)(C)c1cccs1.I. The van der Waals surface area contributed by atoms with Crippen molar-refractivity contribution in [3.63, 3.8) is 0 Å². The van der Waals surface area contributed by atoms with Crippen molar-refractivity contribution >= 4 is 41.3 Å². The number of aliphatic imine (C=N–C) groups is 1. The lowest BCUT2D eigenvalue weighted by Gasteiger charge is -2.25. The van der Waals surface area contributed by atoms with Crippen LogP contribution < -0.4 is 10.6 Å². The van der Waals surface area contributed by atoms with Gasteiger partial charge in [-0.25, -0.2) is 4.99 Å². The summed E-state index contributed by atoms with van der Waals surface area (Å²) in [6, 6.07) is 6.21. The van der Waals surface area contributed by atoms with E-state index in [9.17, 15) is 0 Å². The minimum Gasteiger partial charge on any atom is -0.357 e. The molecule has 0 bridgehead atoms. The van der Waals surface area contributed by atoms with Crippen LogP contribution in [-0.2, 0) is 12.0 Å². The average molecular weight is 433 g/mol. The minimum absolute atomic E-state index is 0. The number of H-pyrrole nitrogens is 1. The topological polar surface area (TPSA) is 65.1 Å². The van der Waals surface area contributed by atoms with Crippen LogP contribution in [0.1, 0.15) is 31.3 Å². The molecule has 0 unspecified atom stereocenters. The zero-order valence-corrected chi connectivity index (χ0v) is 16.4. The molecule has 0 fully saturated rings. The predicted molar refractivity (Wildman–Crippen MR) is 104 cm³/mol. The number of hydrogen-bond acceptors (Lipinski definition) is 3. The Labute approximate surface area is 153 Å². The van der Waals surface area contributed by atoms with Crippen molar-refractivity contribution in [1.29, 1.82) is 0 Å². The third-order valence-electron chi connectivity index (χ3n) is 3.20. The molecule has 5 nitrogen and oxygen atoms in total. The van der Waals surface area contributed by atoms with Crippen LogP contribution in [0.15, 0.2) is 34.8 Å². The number of halogens is 1. The highest BCUT2D eigenvalue weighted by atomic mass is 127. The minimum atomic E-state index is 0. The molecule has 0 radical (unpaired) electrons. The lowest BCUT2D eigenvalue weighted by atomic mass is 9.91. The van der Waals surface area contributed by atoms with Crippen molar-refractivity contribution in [3.05, 3.63) is 40.3 Å². The quantitative estimate of drug-likeness (QED) is 0.373. The summed E-state index contributed by atoms with van der Waals surface area (Å²) >= 11 is 1.79. The van der Waals surface area contributed by atoms with Gasteiger partial charge in [0.05, 0.1) is 12.2 Å². The zero-order valence-electron chi connectivity index (χ0n) is 13.2. The van der Waals surface area contributed by atoms with Gasteiger partial charge in [0.25, 0.3) is 0 Å². The molecule has 2 heterocycles. The maximum Gasteiger partial charge on any atom is 0.191 e. The molecule has 0 aliphatic rings. The van der Waals surface area contributed by atoms with Gasteiger partial charge in [0.2, 0.25) is 0 Å². The Bertz CT molecular complexity index is 549. The van der Waals surface area contributed by atoms with E-state index >= 15 is 0 Å². The Morgan fingerprint density at radius 3 is 2.77 bits per heavy atom. The average Bonchev–Trinajstić information content (AvgIpc) is 3.14. The van der Waals surface area contributed by atoms with Gasteiger partial charge < -0.3 is 10.6 Å². The Morgan fingerprint density at radius 2 is 2.18 bits per heavy atom. The maximum absolute atomic E-state index is 4.57. The van der Waals surface area contributed by atoms with Crippen LogP contribution >= 0.6 is 35.3 Å². The fraction of sp³-hybridized carbons (Fsp3) is 0.467. The highest BCUT2D eigenvalue weighted by Gasteiger charge is 2.21. The summed E-state index contributed by atoms with van der Waals surface area (Å²) in [5.74, 6) is 0.830. The molecule has 0 saturated heterocycles. The van der Waals surface area contributed by atoms with Crippen molar-refractivity contribution in [2.75, 3.05) is 13.1 Å². The second-order valence-corrected chi connectivity index (χ2v) is 6.44. The number of hydrogen-bond donors (Lipinski definition) is 3. The highest BCUT2D eigenvalue weighted by molar-refractivity contribution is 14.0. The first-order valence-corrected chi connectivity index (χ1v) is 8.04. The second-order valence-electron chi connectivity index (χ2n) is 5.49. The van der Waals surface area contributed by atoms with E-state index in [1.807, 2.05) is 6.07 Å². The normalized spacial score (nSPS) is 11.9. The van der Waals surface area contributed by atoms with Crippen LogP contribution in [0.25, 0.3) is 0 Å². The Hall–Kier alpha value is -1.09. The molecule has 0 amide bonds. The third-order valence-corrected chi connectivity index (χ3v) is 4.43. The number of aromatic amines is 1. The van der Waals surface area contributed by atoms with Crippen molar-refractivity contribution in [2.45, 2.75) is 32.7 Å². The van der Waals surface area contributed by atoms with Gasteiger partial charge in [-0.05, 0) is 24.4 Å². The first-order valence-electron chi connectivity index (χ1n) is 7.16. The molecule has 2 aromatic rings. The summed E-state index contributed by atoms with van der Waals surface area (Å²) in [5.41, 5.74) is 1.09. The summed E-state index contributed by atoms with van der Waals surface area (Å²) < 4.78 is 0. The summed E-state index contributed by atoms with van der Waals surface area (Å²) in [7, 11) is 0. The number of nitrogens with zero attached hydrogens (tertiary/aromatic N) is 2. The van der Waals surface area contributed by atoms with Crippen LogP contribution in [-0.4, -0.2) is 29.2 Å². The lowest BCUT2D eigenvalue weighted by Crippen LogP contribution is -2.43. The van der Waals surface area contributed by atoms with Gasteiger partial charge in [-0.3, -0.25) is 5.10 Å². The van der Waals surface area contributed by atoms with E-state index in [0.717, 1.165) is 24.7 Å². The molecule has 7 heteroatoms. The van der Waals surface area contributed by atoms with Crippen molar-refractivity contribution in [1.82, 2.24) is 20.8 Å². The fourth-order valence-corrected chi connectivity index (χ4v) is 2.79. The van der Waals surface area contributed by atoms with Crippen LogP contribution in [0.3, 0.4) is 0 Å². The van der Waals surface area contributed by atoms with E-state index < -0.39 is 0 Å². The van der Waals surface area contributed by atoms with Gasteiger partial charge in [0.15, 0.2) is 5.96 Å². The molecule has 0 aliphatic carbocycles. The van der Waals surface area contributed by atoms with Gasteiger partial charge in [-0.2, -0.15) is 5.10 Å². The van der Waals surface area contributed by atoms with Crippen molar-refractivity contribution in [3.8, 4) is 0 Å². The van der Waals surface area contributed by atoms with Crippen LogP contribution in [0.2, 0.25) is 0 Å². The summed E-state index contributed by atoms with van der Waals surface area (Å²) in [6.07, 6.45) is 1.74. The molecule has 22 heavy (non-hydrogen) atoms. The standard InChI is InChI=1S/C15H23N5S.HI/c1-4-16-14(17-10-12-7-8-19-20-12)18-11-15(2,3)13-6-5-9-21-13;/h5-9H,4,10-11H2,1-3H3,(H,19,20)(H2,16,17,18);1H. The monoisotopic (exact) mass is 433 g/mol. The molecule has 3 N–H and O–H groups in total. The molecule has 0 aromatic carbocycles. The Balaban J connectivity index is 0.00000242. The summed E-state index contributed by atoms with van der Waals surface area (Å²) in [4.78, 5) is 5.94. The van der Waals surface area contributed by atoms with Gasteiger partial charge in [-0.1, -0.05) is 19.9 Å². The number of aromatic nitrogens is 2. The largest absolute Gasteiger partial charge is 0.357 e. The van der Waals surface area contributed by atoms with E-state index in [1.54, 1.807) is 17.5 Å². The maximum atomic E-state index is 4.57. The van der Waals surface area contributed by atoms with Crippen LogP contribution in [0, 0.1) is 0 Å². The predicted octanol–water partition coefficient (Wildman–Crippen LogP) is 3.12. The number of rotatable bonds is 6. The zero-order chi connectivity index (χ0) is 15.1. The fourth-order valence-electron chi connectivity index (χ4n) is 1.93. The molecule has 0 spiro atoms. The molecular weight excluding hydrogens is 409 g/mol. The van der Waals surface area contributed by atoms with Crippen molar-refractivity contribution < 1.29 is 0 Å². The molecule has 0 saturated carbocycles. The highest BCUT2D eigenvalue weighted by Crippen LogP contribution is 2.26. The second kappa shape index (κ2) is 9.14. The van der Waals surface area contributed by atoms with E-state index in [1.165, 1.54) is 4.88 Å². The Kier molecular flexibility index (Phi) is 7.88. The first kappa shape index (κ1) is 19.0. The van der Waals surface area contributed by atoms with Gasteiger partial charge in [-0.15, -0.1) is 35.3 Å². The number of nitrogens with one attached hydrogen (secondary N) is 3. The van der Waals surface area contributed by atoms with E-state index in [0.29, 0.717) is 6.54 Å². The third kappa shape index (κ3) is 5.60. The van der Waals surface area contributed by atoms with Crippen LogP contribution in [0.4, 0.5) is 0 Å². The van der Waals surface area contributed by atoms with E-state index in [2.05, 4.69) is 64.1 Å². The smallest absolute Gasteiger partial charge is 0.191 e. The molecule has 0 atom stereocenters. The van der Waals surface area contributed by atoms with Gasteiger partial charge >= 0.3 is 0 Å². The van der Waals surface area contributed by atoms with Crippen molar-refractivity contribution in [2.24, 2.45) is 4.99 Å². The number of guanidine groups is 1. The van der Waals surface area contributed by atoms with Gasteiger partial charge in [0.1, 0.15) is 0 Å². The first-order chi connectivity index (χ1) is 10.1.